The fourth-order valence-corrected chi connectivity index (χ4v) is 2.43. The number of amides is 1. The van der Waals surface area contributed by atoms with Gasteiger partial charge >= 0.3 is 0 Å². The molecule has 1 N–H and O–H groups in total. The summed E-state index contributed by atoms with van der Waals surface area (Å²) in [7, 11) is 0. The average Bonchev–Trinajstić information content (AvgIpc) is 2.58. The first-order valence-electron chi connectivity index (χ1n) is 8.59. The predicted molar refractivity (Wildman–Crippen MR) is 98.1 cm³/mol. The first-order valence-corrected chi connectivity index (χ1v) is 8.59. The van der Waals surface area contributed by atoms with Crippen molar-refractivity contribution < 1.29 is 13.9 Å². The van der Waals surface area contributed by atoms with Gasteiger partial charge in [-0.1, -0.05) is 52.0 Å². The summed E-state index contributed by atoms with van der Waals surface area (Å²) in [6, 6.07) is 13.9. The van der Waals surface area contributed by atoms with Gasteiger partial charge in [-0.25, -0.2) is 4.39 Å². The van der Waals surface area contributed by atoms with Crippen LogP contribution >= 0.6 is 0 Å². The molecule has 4 heteroatoms. The van der Waals surface area contributed by atoms with Gasteiger partial charge in [0.1, 0.15) is 11.6 Å². The summed E-state index contributed by atoms with van der Waals surface area (Å²) >= 11 is 0. The molecule has 0 unspecified atom stereocenters. The van der Waals surface area contributed by atoms with Crippen LogP contribution in [0.2, 0.25) is 0 Å². The number of hydrogen-bond donors (Lipinski definition) is 1. The van der Waals surface area contributed by atoms with Crippen molar-refractivity contribution in [1.29, 1.82) is 0 Å². The fourth-order valence-electron chi connectivity index (χ4n) is 2.43. The number of ether oxygens (including phenoxy) is 1. The maximum absolute atomic E-state index is 12.9. The quantitative estimate of drug-likeness (QED) is 0.832. The summed E-state index contributed by atoms with van der Waals surface area (Å²) in [4.78, 5) is 12.3. The van der Waals surface area contributed by atoms with Crippen LogP contribution in [0.15, 0.2) is 48.5 Å². The Hall–Kier alpha value is -2.36. The van der Waals surface area contributed by atoms with E-state index in [4.69, 9.17) is 4.74 Å². The topological polar surface area (TPSA) is 38.3 Å². The van der Waals surface area contributed by atoms with Crippen molar-refractivity contribution in [2.75, 3.05) is 0 Å². The average molecular weight is 343 g/mol. The van der Waals surface area contributed by atoms with E-state index in [-0.39, 0.29) is 17.1 Å². The third-order valence-corrected chi connectivity index (χ3v) is 4.04. The molecule has 0 saturated heterocycles. The van der Waals surface area contributed by atoms with Crippen LogP contribution < -0.4 is 10.1 Å². The molecule has 0 fully saturated rings. The van der Waals surface area contributed by atoms with Crippen LogP contribution in [0.4, 0.5) is 4.39 Å². The molecule has 2 aromatic carbocycles. The second-order valence-corrected chi connectivity index (χ2v) is 7.13. The van der Waals surface area contributed by atoms with E-state index in [1.54, 1.807) is 12.1 Å². The second-order valence-electron chi connectivity index (χ2n) is 7.13. The van der Waals surface area contributed by atoms with Gasteiger partial charge in [-0.05, 0) is 47.2 Å². The largest absolute Gasteiger partial charge is 0.481 e. The van der Waals surface area contributed by atoms with Gasteiger partial charge in [-0.15, -0.1) is 0 Å². The molecule has 0 aliphatic carbocycles. The number of halogens is 1. The molecule has 1 atom stereocenters. The summed E-state index contributed by atoms with van der Waals surface area (Å²) in [6.45, 7) is 8.72. The highest BCUT2D eigenvalue weighted by atomic mass is 19.1. The second kappa shape index (κ2) is 8.15. The number of carbonyl (C=O) groups is 1. The highest BCUT2D eigenvalue weighted by Crippen LogP contribution is 2.24. The Labute approximate surface area is 149 Å². The van der Waals surface area contributed by atoms with Crippen LogP contribution in [-0.2, 0) is 16.8 Å². The number of rotatable bonds is 6. The Morgan fingerprint density at radius 3 is 2.20 bits per heavy atom. The Morgan fingerprint density at radius 1 is 1.08 bits per heavy atom. The van der Waals surface area contributed by atoms with Crippen LogP contribution in [0.5, 0.6) is 5.75 Å². The fraction of sp³-hybridized carbons (Fsp3) is 0.381. The molecule has 0 aliphatic rings. The monoisotopic (exact) mass is 343 g/mol. The van der Waals surface area contributed by atoms with Crippen molar-refractivity contribution in [2.45, 2.75) is 52.2 Å². The molecule has 0 aromatic heterocycles. The molecular formula is C21H26FNO2. The van der Waals surface area contributed by atoms with E-state index in [2.05, 4.69) is 26.1 Å². The third-order valence-electron chi connectivity index (χ3n) is 4.04. The van der Waals surface area contributed by atoms with Crippen LogP contribution in [0.25, 0.3) is 0 Å². The minimum absolute atomic E-state index is 0.0786. The molecule has 2 rings (SSSR count). The molecule has 1 amide bonds. The molecule has 134 valence electrons. The van der Waals surface area contributed by atoms with Crippen molar-refractivity contribution in [3.63, 3.8) is 0 Å². The van der Waals surface area contributed by atoms with Gasteiger partial charge in [-0.3, -0.25) is 4.79 Å². The van der Waals surface area contributed by atoms with E-state index in [0.29, 0.717) is 18.7 Å². The van der Waals surface area contributed by atoms with Crippen molar-refractivity contribution in [3.8, 4) is 5.75 Å². The van der Waals surface area contributed by atoms with Gasteiger partial charge in [0.2, 0.25) is 0 Å². The zero-order valence-electron chi connectivity index (χ0n) is 15.3. The van der Waals surface area contributed by atoms with Gasteiger partial charge in [0, 0.05) is 6.54 Å². The SMILES string of the molecule is CC[C@@H](Oc1ccc(C(C)(C)C)cc1)C(=O)NCc1ccc(F)cc1. The van der Waals surface area contributed by atoms with Crippen LogP contribution in [0.3, 0.4) is 0 Å². The first kappa shape index (κ1) is 19.0. The van der Waals surface area contributed by atoms with Gasteiger partial charge in [-0.2, -0.15) is 0 Å². The molecular weight excluding hydrogens is 317 g/mol. The molecule has 0 spiro atoms. The zero-order valence-corrected chi connectivity index (χ0v) is 15.3. The first-order chi connectivity index (χ1) is 11.8. The molecule has 0 radical (unpaired) electrons. The van der Waals surface area contributed by atoms with Crippen LogP contribution in [-0.4, -0.2) is 12.0 Å². The predicted octanol–water partition coefficient (Wildman–Crippen LogP) is 4.60. The van der Waals surface area contributed by atoms with Crippen molar-refractivity contribution in [1.82, 2.24) is 5.32 Å². The lowest BCUT2D eigenvalue weighted by Gasteiger charge is -2.21. The van der Waals surface area contributed by atoms with Crippen molar-refractivity contribution >= 4 is 5.91 Å². The van der Waals surface area contributed by atoms with Gasteiger partial charge < -0.3 is 10.1 Å². The highest BCUT2D eigenvalue weighted by Gasteiger charge is 2.19. The number of hydrogen-bond acceptors (Lipinski definition) is 2. The maximum Gasteiger partial charge on any atom is 0.261 e. The van der Waals surface area contributed by atoms with E-state index in [1.807, 2.05) is 31.2 Å². The Balaban J connectivity index is 1.94. The Morgan fingerprint density at radius 2 is 1.68 bits per heavy atom. The molecule has 0 bridgehead atoms. The van der Waals surface area contributed by atoms with E-state index in [0.717, 1.165) is 5.56 Å². The standard InChI is InChI=1S/C21H26FNO2/c1-5-19(20(24)23-14-15-6-10-17(22)11-7-15)25-18-12-8-16(9-13-18)21(2,3)4/h6-13,19H,5,14H2,1-4H3,(H,23,24)/t19-/m1/s1. The summed E-state index contributed by atoms with van der Waals surface area (Å²) in [6.07, 6.45) is 0.0111. The van der Waals surface area contributed by atoms with E-state index >= 15 is 0 Å². The molecule has 0 aliphatic heterocycles. The maximum atomic E-state index is 12.9. The summed E-state index contributed by atoms with van der Waals surface area (Å²) in [5.74, 6) is 0.215. The van der Waals surface area contributed by atoms with Gasteiger partial charge in [0.05, 0.1) is 0 Å². The van der Waals surface area contributed by atoms with Crippen LogP contribution in [0, 0.1) is 5.82 Å². The normalized spacial score (nSPS) is 12.5. The third kappa shape index (κ3) is 5.59. The summed E-state index contributed by atoms with van der Waals surface area (Å²) in [5.41, 5.74) is 2.14. The molecule has 0 heterocycles. The van der Waals surface area contributed by atoms with Crippen molar-refractivity contribution in [2.24, 2.45) is 0 Å². The van der Waals surface area contributed by atoms with E-state index < -0.39 is 6.10 Å². The van der Waals surface area contributed by atoms with E-state index in [9.17, 15) is 9.18 Å². The zero-order chi connectivity index (χ0) is 18.4. The smallest absolute Gasteiger partial charge is 0.261 e. The number of carbonyl (C=O) groups excluding carboxylic acids is 1. The minimum atomic E-state index is -0.555. The lowest BCUT2D eigenvalue weighted by Crippen LogP contribution is -2.37. The lowest BCUT2D eigenvalue weighted by atomic mass is 9.87. The highest BCUT2D eigenvalue weighted by molar-refractivity contribution is 5.81. The van der Waals surface area contributed by atoms with Gasteiger partial charge in [0.25, 0.3) is 5.91 Å². The van der Waals surface area contributed by atoms with Crippen LogP contribution in [0.1, 0.15) is 45.2 Å². The molecule has 2 aromatic rings. The summed E-state index contributed by atoms with van der Waals surface area (Å²) < 4.78 is 18.7. The molecule has 25 heavy (non-hydrogen) atoms. The molecule has 0 saturated carbocycles. The Bertz CT molecular complexity index is 687. The van der Waals surface area contributed by atoms with E-state index in [1.165, 1.54) is 17.7 Å². The lowest BCUT2D eigenvalue weighted by molar-refractivity contribution is -0.128. The number of nitrogens with one attached hydrogen (secondary N) is 1. The number of benzene rings is 2. The Kier molecular flexibility index (Phi) is 6.18. The van der Waals surface area contributed by atoms with Crippen molar-refractivity contribution in [3.05, 3.63) is 65.5 Å². The van der Waals surface area contributed by atoms with Gasteiger partial charge in [0.15, 0.2) is 6.10 Å². The molecule has 3 nitrogen and oxygen atoms in total. The minimum Gasteiger partial charge on any atom is -0.481 e. The summed E-state index contributed by atoms with van der Waals surface area (Å²) in [5, 5.41) is 2.84.